The van der Waals surface area contributed by atoms with Gasteiger partial charge in [0.2, 0.25) is 0 Å². The van der Waals surface area contributed by atoms with Gasteiger partial charge in [0.05, 0.1) is 46.6 Å². The number of nitriles is 1. The average Bonchev–Trinajstić information content (AvgIpc) is 3.16. The molecule has 0 radical (unpaired) electrons. The van der Waals surface area contributed by atoms with Crippen molar-refractivity contribution in [2.24, 2.45) is 5.41 Å². The van der Waals surface area contributed by atoms with Gasteiger partial charge < -0.3 is 9.30 Å². The van der Waals surface area contributed by atoms with Crippen molar-refractivity contribution in [1.82, 2.24) is 9.55 Å². The summed E-state index contributed by atoms with van der Waals surface area (Å²) in [5.74, 6) is -2.74. The fourth-order valence-corrected chi connectivity index (χ4v) is 3.76. The summed E-state index contributed by atoms with van der Waals surface area (Å²) >= 11 is 0. The van der Waals surface area contributed by atoms with E-state index in [0.717, 1.165) is 5.52 Å². The number of epoxide rings is 1. The van der Waals surface area contributed by atoms with Crippen LogP contribution in [0.2, 0.25) is 0 Å². The molecule has 0 N–H and O–H groups in total. The first kappa shape index (κ1) is 14.6. The van der Waals surface area contributed by atoms with E-state index in [1.54, 1.807) is 36.0 Å². The van der Waals surface area contributed by atoms with Gasteiger partial charge in [-0.25, -0.2) is 13.8 Å². The Hall–Kier alpha value is -2.00. The summed E-state index contributed by atoms with van der Waals surface area (Å²) in [6.07, 6.45) is 2.23. The van der Waals surface area contributed by atoms with Crippen LogP contribution in [0.5, 0.6) is 0 Å². The second kappa shape index (κ2) is 4.51. The molecule has 0 unspecified atom stereocenters. The third-order valence-corrected chi connectivity index (χ3v) is 5.31. The van der Waals surface area contributed by atoms with Crippen LogP contribution in [0.4, 0.5) is 8.78 Å². The van der Waals surface area contributed by atoms with Crippen LogP contribution < -0.4 is 0 Å². The highest BCUT2D eigenvalue weighted by Gasteiger charge is 2.63. The monoisotopic (exact) mass is 317 g/mol. The van der Waals surface area contributed by atoms with Crippen molar-refractivity contribution in [3.05, 3.63) is 30.1 Å². The molecule has 1 saturated carbocycles. The fourth-order valence-electron chi connectivity index (χ4n) is 3.76. The molecule has 1 spiro atoms. The van der Waals surface area contributed by atoms with Gasteiger partial charge in [-0.15, -0.1) is 0 Å². The van der Waals surface area contributed by atoms with Crippen LogP contribution in [0, 0.1) is 16.7 Å². The number of hydrogen-bond donors (Lipinski definition) is 0. The molecule has 6 heteroatoms. The van der Waals surface area contributed by atoms with Crippen LogP contribution >= 0.6 is 0 Å². The number of nitrogens with zero attached hydrogens (tertiary/aromatic N) is 3. The topological polar surface area (TPSA) is 54.1 Å². The van der Waals surface area contributed by atoms with Crippen LogP contribution in [-0.2, 0) is 11.3 Å². The van der Waals surface area contributed by atoms with E-state index in [4.69, 9.17) is 10.00 Å². The molecule has 1 aromatic carbocycles. The second-order valence-corrected chi connectivity index (χ2v) is 7.10. The highest BCUT2D eigenvalue weighted by molar-refractivity contribution is 5.77. The Morgan fingerprint density at radius 2 is 2.17 bits per heavy atom. The van der Waals surface area contributed by atoms with E-state index in [1.807, 2.05) is 0 Å². The lowest BCUT2D eigenvalue weighted by Crippen LogP contribution is -2.49. The van der Waals surface area contributed by atoms with Gasteiger partial charge in [-0.3, -0.25) is 0 Å². The molecule has 1 saturated heterocycles. The van der Waals surface area contributed by atoms with E-state index in [-0.39, 0.29) is 18.6 Å². The summed E-state index contributed by atoms with van der Waals surface area (Å²) in [7, 11) is 0. The number of benzene rings is 1. The van der Waals surface area contributed by atoms with Gasteiger partial charge in [0.1, 0.15) is 0 Å². The van der Waals surface area contributed by atoms with Gasteiger partial charge >= 0.3 is 0 Å². The van der Waals surface area contributed by atoms with E-state index in [2.05, 4.69) is 11.1 Å². The number of aromatic nitrogens is 2. The van der Waals surface area contributed by atoms with Crippen LogP contribution in [0.1, 0.15) is 31.7 Å². The molecule has 4 nitrogen and oxygen atoms in total. The predicted octanol–water partition coefficient (Wildman–Crippen LogP) is 3.50. The fraction of sp³-hybridized carbons (Fsp3) is 0.529. The summed E-state index contributed by atoms with van der Waals surface area (Å²) < 4.78 is 36.4. The Balaban J connectivity index is 1.72. The normalized spacial score (nSPS) is 32.1. The van der Waals surface area contributed by atoms with E-state index in [1.165, 1.54) is 0 Å². The number of ether oxygens (including phenoxy) is 1. The molecule has 2 atom stereocenters. The molecule has 2 heterocycles. The van der Waals surface area contributed by atoms with Crippen molar-refractivity contribution < 1.29 is 13.5 Å². The Labute approximate surface area is 132 Å². The standard InChI is InChI=1S/C17H17F2N3O/c1-15(8-16(10-23-16)4-5-17(15,18)19)9-22-11-21-13-3-2-12(7-20)6-14(13)22/h2-3,6,11H,4-5,8-10H2,1H3/t15-,16-/m0/s1. The van der Waals surface area contributed by atoms with Crippen molar-refractivity contribution in [2.45, 2.75) is 44.3 Å². The number of fused-ring (bicyclic) bond motifs is 1. The molecule has 0 amide bonds. The number of hydrogen-bond acceptors (Lipinski definition) is 3. The molecule has 120 valence electrons. The molecule has 2 fully saturated rings. The Morgan fingerprint density at radius 3 is 2.87 bits per heavy atom. The smallest absolute Gasteiger partial charge is 0.255 e. The Kier molecular flexibility index (Phi) is 2.86. The van der Waals surface area contributed by atoms with E-state index in [9.17, 15) is 8.78 Å². The maximum absolute atomic E-state index is 14.6. The SMILES string of the molecule is C[C@@]1(Cn2cnc3ccc(C#N)cc32)C[C@@]2(CCC1(F)F)CO2. The minimum absolute atomic E-state index is 0.139. The number of halogens is 2. The van der Waals surface area contributed by atoms with Crippen LogP contribution in [0.25, 0.3) is 11.0 Å². The van der Waals surface area contributed by atoms with Gasteiger partial charge in [-0.05, 0) is 31.0 Å². The predicted molar refractivity (Wildman–Crippen MR) is 80.0 cm³/mol. The van der Waals surface area contributed by atoms with Crippen molar-refractivity contribution >= 4 is 11.0 Å². The molecule has 2 aliphatic rings. The molecule has 4 rings (SSSR count). The molecule has 1 aromatic heterocycles. The van der Waals surface area contributed by atoms with Crippen molar-refractivity contribution in [1.29, 1.82) is 5.26 Å². The summed E-state index contributed by atoms with van der Waals surface area (Å²) in [6, 6.07) is 7.22. The highest BCUT2D eigenvalue weighted by atomic mass is 19.3. The molecule has 2 aromatic rings. The molecular weight excluding hydrogens is 300 g/mol. The lowest BCUT2D eigenvalue weighted by atomic mass is 9.68. The third-order valence-electron chi connectivity index (χ3n) is 5.31. The summed E-state index contributed by atoms with van der Waals surface area (Å²) in [6.45, 7) is 2.38. The first-order chi connectivity index (χ1) is 10.9. The Bertz CT molecular complexity index is 819. The molecule has 1 aliphatic carbocycles. The van der Waals surface area contributed by atoms with E-state index >= 15 is 0 Å². The zero-order valence-electron chi connectivity index (χ0n) is 12.9. The van der Waals surface area contributed by atoms with Crippen molar-refractivity contribution in [2.75, 3.05) is 6.61 Å². The van der Waals surface area contributed by atoms with Crippen LogP contribution in [-0.4, -0.2) is 27.7 Å². The lowest BCUT2D eigenvalue weighted by molar-refractivity contribution is -0.163. The largest absolute Gasteiger partial charge is 0.370 e. The van der Waals surface area contributed by atoms with E-state index < -0.39 is 11.3 Å². The van der Waals surface area contributed by atoms with Crippen molar-refractivity contribution in [3.8, 4) is 6.07 Å². The minimum Gasteiger partial charge on any atom is -0.370 e. The van der Waals surface area contributed by atoms with Crippen molar-refractivity contribution in [3.63, 3.8) is 0 Å². The number of rotatable bonds is 2. The second-order valence-electron chi connectivity index (χ2n) is 7.10. The zero-order chi connectivity index (χ0) is 16.3. The minimum atomic E-state index is -2.74. The number of imidazole rings is 1. The first-order valence-electron chi connectivity index (χ1n) is 7.73. The molecule has 23 heavy (non-hydrogen) atoms. The molecule has 1 aliphatic heterocycles. The molecule has 0 bridgehead atoms. The summed E-state index contributed by atoms with van der Waals surface area (Å²) in [5, 5.41) is 9.04. The summed E-state index contributed by atoms with van der Waals surface area (Å²) in [5.41, 5.74) is 0.408. The van der Waals surface area contributed by atoms with Gasteiger partial charge in [-0.1, -0.05) is 6.92 Å². The maximum atomic E-state index is 14.6. The van der Waals surface area contributed by atoms with Gasteiger partial charge in [-0.2, -0.15) is 5.26 Å². The zero-order valence-corrected chi connectivity index (χ0v) is 12.9. The lowest BCUT2D eigenvalue weighted by Gasteiger charge is -2.43. The first-order valence-corrected chi connectivity index (χ1v) is 7.73. The van der Waals surface area contributed by atoms with Gasteiger partial charge in [0.15, 0.2) is 0 Å². The molecular formula is C17H17F2N3O. The van der Waals surface area contributed by atoms with E-state index in [0.29, 0.717) is 30.5 Å². The number of alkyl halides is 2. The maximum Gasteiger partial charge on any atom is 0.255 e. The summed E-state index contributed by atoms with van der Waals surface area (Å²) in [4.78, 5) is 4.27. The van der Waals surface area contributed by atoms with Crippen LogP contribution in [0.15, 0.2) is 24.5 Å². The van der Waals surface area contributed by atoms with Crippen LogP contribution in [0.3, 0.4) is 0 Å². The third kappa shape index (κ3) is 2.22. The van der Waals surface area contributed by atoms with Gasteiger partial charge in [0.25, 0.3) is 5.92 Å². The average molecular weight is 317 g/mol. The van der Waals surface area contributed by atoms with Gasteiger partial charge in [0, 0.05) is 13.0 Å². The Morgan fingerprint density at radius 1 is 1.39 bits per heavy atom. The highest BCUT2D eigenvalue weighted by Crippen LogP contribution is 2.57. The quantitative estimate of drug-likeness (QED) is 0.797.